The van der Waals surface area contributed by atoms with Crippen molar-refractivity contribution in [1.82, 2.24) is 10.6 Å². The summed E-state index contributed by atoms with van der Waals surface area (Å²) in [7, 11) is 0. The van der Waals surface area contributed by atoms with Crippen LogP contribution in [0, 0.1) is 11.6 Å². The first-order valence-electron chi connectivity index (χ1n) is 12.0. The SMILES string of the molecule is CCc1cccc(CNC[C@@H](O)[C@H](Cc2cc(F)cc(F)c2)NC(=O)c2ccc3c(c2)N[S+](C)C3)c1. The van der Waals surface area contributed by atoms with Crippen LogP contribution in [0.25, 0.3) is 0 Å². The zero-order chi connectivity index (χ0) is 25.7. The zero-order valence-corrected chi connectivity index (χ0v) is 21.3. The molecule has 0 bridgehead atoms. The molecule has 36 heavy (non-hydrogen) atoms. The van der Waals surface area contributed by atoms with E-state index in [9.17, 15) is 18.7 Å². The molecule has 0 saturated carbocycles. The number of anilines is 1. The number of halogens is 2. The fraction of sp³-hybridized carbons (Fsp3) is 0.321. The summed E-state index contributed by atoms with van der Waals surface area (Å²) >= 11 is 0.0370. The van der Waals surface area contributed by atoms with Gasteiger partial charge in [-0.25, -0.2) is 13.5 Å². The van der Waals surface area contributed by atoms with Gasteiger partial charge < -0.3 is 15.7 Å². The number of carbonyl (C=O) groups excluding carboxylic acids is 1. The molecule has 3 aromatic rings. The van der Waals surface area contributed by atoms with E-state index in [1.807, 2.05) is 24.3 Å². The first-order chi connectivity index (χ1) is 17.3. The van der Waals surface area contributed by atoms with Crippen molar-refractivity contribution in [3.8, 4) is 0 Å². The van der Waals surface area contributed by atoms with Gasteiger partial charge >= 0.3 is 0 Å². The summed E-state index contributed by atoms with van der Waals surface area (Å²) in [5.74, 6) is -0.813. The number of benzene rings is 3. The largest absolute Gasteiger partial charge is 0.390 e. The second kappa shape index (κ2) is 11.9. The van der Waals surface area contributed by atoms with Crippen LogP contribution in [0.4, 0.5) is 14.5 Å². The predicted molar refractivity (Wildman–Crippen MR) is 142 cm³/mol. The quantitative estimate of drug-likeness (QED) is 0.309. The van der Waals surface area contributed by atoms with E-state index < -0.39 is 23.8 Å². The third-order valence-corrected chi connectivity index (χ3v) is 7.58. The smallest absolute Gasteiger partial charge is 0.251 e. The molecular formula is C28H32F2N3O2S+. The van der Waals surface area contributed by atoms with Crippen LogP contribution in [0.3, 0.4) is 0 Å². The molecule has 3 atom stereocenters. The van der Waals surface area contributed by atoms with E-state index in [2.05, 4.69) is 40.7 Å². The van der Waals surface area contributed by atoms with E-state index in [-0.39, 0.29) is 30.0 Å². The van der Waals surface area contributed by atoms with E-state index in [1.54, 1.807) is 6.07 Å². The predicted octanol–water partition coefficient (Wildman–Crippen LogP) is 4.11. The second-order valence-electron chi connectivity index (χ2n) is 9.19. The molecule has 4 N–H and O–H groups in total. The fourth-order valence-corrected chi connectivity index (χ4v) is 5.74. The van der Waals surface area contributed by atoms with Crippen molar-refractivity contribution in [2.24, 2.45) is 0 Å². The van der Waals surface area contributed by atoms with E-state index in [1.165, 1.54) is 23.3 Å². The van der Waals surface area contributed by atoms with E-state index in [0.717, 1.165) is 29.5 Å². The van der Waals surface area contributed by atoms with Gasteiger partial charge in [-0.05, 0) is 53.8 Å². The van der Waals surface area contributed by atoms with Crippen LogP contribution in [0.15, 0.2) is 60.7 Å². The van der Waals surface area contributed by atoms with Gasteiger partial charge in [0, 0.05) is 30.3 Å². The number of hydrogen-bond acceptors (Lipinski definition) is 4. The van der Waals surface area contributed by atoms with Crippen molar-refractivity contribution in [1.29, 1.82) is 0 Å². The molecule has 3 aromatic carbocycles. The van der Waals surface area contributed by atoms with Crippen molar-refractivity contribution in [2.75, 3.05) is 17.5 Å². The maximum absolute atomic E-state index is 13.8. The average molecular weight is 513 g/mol. The Bertz CT molecular complexity index is 1200. The maximum Gasteiger partial charge on any atom is 0.251 e. The lowest BCUT2D eigenvalue weighted by atomic mass is 9.99. The van der Waals surface area contributed by atoms with Crippen molar-refractivity contribution in [2.45, 2.75) is 44.2 Å². The number of aliphatic hydroxyl groups excluding tert-OH is 1. The molecule has 8 heteroatoms. The molecule has 0 fully saturated rings. The molecule has 0 spiro atoms. The van der Waals surface area contributed by atoms with E-state index in [4.69, 9.17) is 0 Å². The third-order valence-electron chi connectivity index (χ3n) is 6.27. The summed E-state index contributed by atoms with van der Waals surface area (Å²) in [6.07, 6.45) is 2.14. The Kier molecular flexibility index (Phi) is 8.61. The molecular weight excluding hydrogens is 480 g/mol. The summed E-state index contributed by atoms with van der Waals surface area (Å²) in [6.45, 7) is 2.84. The lowest BCUT2D eigenvalue weighted by molar-refractivity contribution is 0.0830. The summed E-state index contributed by atoms with van der Waals surface area (Å²) in [4.78, 5) is 13.1. The van der Waals surface area contributed by atoms with Gasteiger partial charge in [0.05, 0.1) is 28.9 Å². The van der Waals surface area contributed by atoms with Gasteiger partial charge in [-0.3, -0.25) is 4.79 Å². The molecule has 5 nitrogen and oxygen atoms in total. The highest BCUT2D eigenvalue weighted by molar-refractivity contribution is 7.97. The van der Waals surface area contributed by atoms with Gasteiger partial charge in [0.25, 0.3) is 5.91 Å². The van der Waals surface area contributed by atoms with Crippen LogP contribution >= 0.6 is 0 Å². The number of nitrogens with one attached hydrogen (secondary N) is 3. The Balaban J connectivity index is 1.46. The van der Waals surface area contributed by atoms with Gasteiger partial charge in [0.2, 0.25) is 0 Å². The van der Waals surface area contributed by atoms with Gasteiger partial charge in [-0.15, -0.1) is 0 Å². The fourth-order valence-electron chi connectivity index (χ4n) is 4.38. The summed E-state index contributed by atoms with van der Waals surface area (Å²) in [6, 6.07) is 16.2. The van der Waals surface area contributed by atoms with E-state index in [0.29, 0.717) is 17.7 Å². The molecule has 0 aromatic heterocycles. The summed E-state index contributed by atoms with van der Waals surface area (Å²) in [5, 5.41) is 17.1. The Morgan fingerprint density at radius 2 is 1.81 bits per heavy atom. The highest BCUT2D eigenvalue weighted by atomic mass is 32.2. The number of carbonyl (C=O) groups is 1. The van der Waals surface area contributed by atoms with E-state index >= 15 is 0 Å². The maximum atomic E-state index is 13.8. The molecule has 0 aliphatic carbocycles. The number of aliphatic hydroxyl groups is 1. The van der Waals surface area contributed by atoms with Crippen LogP contribution < -0.4 is 15.4 Å². The minimum atomic E-state index is -0.983. The van der Waals surface area contributed by atoms with Gasteiger partial charge in [0.1, 0.15) is 17.9 Å². The molecule has 0 radical (unpaired) electrons. The van der Waals surface area contributed by atoms with Crippen molar-refractivity contribution >= 4 is 22.7 Å². The molecule has 0 saturated heterocycles. The number of fused-ring (bicyclic) bond motifs is 1. The minimum Gasteiger partial charge on any atom is -0.390 e. The van der Waals surface area contributed by atoms with Crippen LogP contribution in [0.5, 0.6) is 0 Å². The first-order valence-corrected chi connectivity index (χ1v) is 13.9. The van der Waals surface area contributed by atoms with Gasteiger partial charge in [-0.2, -0.15) is 0 Å². The lowest BCUT2D eigenvalue weighted by Crippen LogP contribution is -2.48. The van der Waals surface area contributed by atoms with Gasteiger partial charge in [0.15, 0.2) is 5.75 Å². The first kappa shape index (κ1) is 26.1. The molecule has 1 amide bonds. The van der Waals surface area contributed by atoms with Crippen molar-refractivity contribution in [3.63, 3.8) is 0 Å². The van der Waals surface area contributed by atoms with Crippen molar-refractivity contribution < 1.29 is 18.7 Å². The molecule has 190 valence electrons. The van der Waals surface area contributed by atoms with Crippen LogP contribution in [0.1, 0.15) is 39.5 Å². The number of rotatable bonds is 10. The zero-order valence-electron chi connectivity index (χ0n) is 20.5. The Morgan fingerprint density at radius 3 is 2.56 bits per heavy atom. The summed E-state index contributed by atoms with van der Waals surface area (Å²) in [5.41, 5.74) is 5.25. The highest BCUT2D eigenvalue weighted by Gasteiger charge is 2.27. The Hall–Kier alpha value is -2.94. The average Bonchev–Trinajstić information content (AvgIpc) is 3.22. The number of hydrogen-bond donors (Lipinski definition) is 4. The molecule has 1 heterocycles. The van der Waals surface area contributed by atoms with Crippen molar-refractivity contribution in [3.05, 3.63) is 100 Å². The highest BCUT2D eigenvalue weighted by Crippen LogP contribution is 2.28. The topological polar surface area (TPSA) is 73.4 Å². The van der Waals surface area contributed by atoms with Crippen LogP contribution in [-0.2, 0) is 36.2 Å². The Labute approximate surface area is 213 Å². The molecule has 4 rings (SSSR count). The standard InChI is InChI=1S/C28H31F2N3O2S/c1-3-18-5-4-6-19(9-18)15-31-16-27(34)26(12-20-10-23(29)14-24(30)11-20)32-28(35)21-7-8-22-17-36(2)33-25(22)13-21/h4-11,13-14,26-27,31,33-34H,3,12,15-17H2,1-2H3/p+1/t26-,27+,36?/m0/s1. The minimum absolute atomic E-state index is 0.0370. The molecule has 1 aliphatic rings. The monoisotopic (exact) mass is 512 g/mol. The lowest BCUT2D eigenvalue weighted by Gasteiger charge is -2.25. The van der Waals surface area contributed by atoms with Gasteiger partial charge in [-0.1, -0.05) is 37.3 Å². The normalized spacial score (nSPS) is 16.2. The second-order valence-corrected chi connectivity index (χ2v) is 11.0. The van der Waals surface area contributed by atoms with Crippen LogP contribution in [0.2, 0.25) is 0 Å². The Morgan fingerprint density at radius 1 is 1.06 bits per heavy atom. The third kappa shape index (κ3) is 6.84. The molecule has 1 unspecified atom stereocenters. The summed E-state index contributed by atoms with van der Waals surface area (Å²) < 4.78 is 31.0. The number of amides is 1. The molecule has 1 aliphatic heterocycles. The number of aryl methyl sites for hydroxylation is 1. The van der Waals surface area contributed by atoms with Crippen LogP contribution in [-0.4, -0.2) is 36.0 Å².